The molecule has 0 radical (unpaired) electrons. The van der Waals surface area contributed by atoms with Gasteiger partial charge >= 0.3 is 6.09 Å². The minimum Gasteiger partial charge on any atom is -0.447 e. The van der Waals surface area contributed by atoms with Crippen LogP contribution in [0.1, 0.15) is 0 Å². The van der Waals surface area contributed by atoms with Crippen molar-refractivity contribution in [2.75, 3.05) is 22.8 Å². The molecule has 1 aliphatic heterocycles. The Morgan fingerprint density at radius 3 is 2.52 bits per heavy atom. The van der Waals surface area contributed by atoms with E-state index in [0.29, 0.717) is 24.5 Å². The number of ether oxygens (including phenoxy) is 1. The van der Waals surface area contributed by atoms with Gasteiger partial charge in [-0.05, 0) is 42.5 Å². The monoisotopic (exact) mass is 396 g/mol. The summed E-state index contributed by atoms with van der Waals surface area (Å²) in [6.07, 6.45) is -0.432. The van der Waals surface area contributed by atoms with Crippen LogP contribution < -0.4 is 9.62 Å². The zero-order valence-electron chi connectivity index (χ0n) is 11.9. The minimum atomic E-state index is -3.69. The summed E-state index contributed by atoms with van der Waals surface area (Å²) in [6, 6.07) is 13.0. The number of carbonyl (C=O) groups excluding carboxylic acids is 1. The first-order chi connectivity index (χ1) is 11.0. The molecule has 1 N–H and O–H groups in total. The summed E-state index contributed by atoms with van der Waals surface area (Å²) in [6.45, 7) is 0.773. The molecule has 1 saturated heterocycles. The highest BCUT2D eigenvalue weighted by Crippen LogP contribution is 2.24. The van der Waals surface area contributed by atoms with Gasteiger partial charge in [-0.1, -0.05) is 22.0 Å². The molecule has 23 heavy (non-hydrogen) atoms. The van der Waals surface area contributed by atoms with Crippen molar-refractivity contribution in [1.29, 1.82) is 0 Å². The van der Waals surface area contributed by atoms with E-state index in [1.54, 1.807) is 36.4 Å². The third-order valence-electron chi connectivity index (χ3n) is 3.29. The average molecular weight is 397 g/mol. The minimum absolute atomic E-state index is 0.159. The van der Waals surface area contributed by atoms with Gasteiger partial charge in [0.2, 0.25) is 0 Å². The molecule has 2 aromatic rings. The molecule has 8 heteroatoms. The summed E-state index contributed by atoms with van der Waals surface area (Å²) in [7, 11) is -3.69. The van der Waals surface area contributed by atoms with Crippen LogP contribution in [0.4, 0.5) is 16.2 Å². The lowest BCUT2D eigenvalue weighted by molar-refractivity contribution is 0.181. The fourth-order valence-electron chi connectivity index (χ4n) is 2.19. The summed E-state index contributed by atoms with van der Waals surface area (Å²) in [4.78, 5) is 13.2. The van der Waals surface area contributed by atoms with Gasteiger partial charge in [-0.15, -0.1) is 0 Å². The number of amides is 1. The Kier molecular flexibility index (Phi) is 4.27. The molecule has 3 rings (SSSR count). The highest BCUT2D eigenvalue weighted by Gasteiger charge is 2.24. The molecule has 2 aromatic carbocycles. The highest BCUT2D eigenvalue weighted by molar-refractivity contribution is 9.10. The molecule has 0 aromatic heterocycles. The molecular formula is C15H13BrN2O4S. The van der Waals surface area contributed by atoms with Crippen LogP contribution in [0.2, 0.25) is 0 Å². The molecule has 0 aliphatic carbocycles. The zero-order valence-corrected chi connectivity index (χ0v) is 14.3. The van der Waals surface area contributed by atoms with Crippen LogP contribution in [0.5, 0.6) is 0 Å². The number of nitrogens with zero attached hydrogens (tertiary/aromatic N) is 1. The van der Waals surface area contributed by atoms with Crippen molar-refractivity contribution in [3.05, 3.63) is 53.0 Å². The van der Waals surface area contributed by atoms with Gasteiger partial charge in [0.15, 0.2) is 0 Å². The number of hydrogen-bond acceptors (Lipinski definition) is 4. The van der Waals surface area contributed by atoms with E-state index in [9.17, 15) is 13.2 Å². The lowest BCUT2D eigenvalue weighted by Gasteiger charge is -2.14. The number of sulfonamides is 1. The molecule has 6 nitrogen and oxygen atoms in total. The van der Waals surface area contributed by atoms with Gasteiger partial charge in [0.05, 0.1) is 17.1 Å². The fraction of sp³-hybridized carbons (Fsp3) is 0.133. The van der Waals surface area contributed by atoms with E-state index in [1.807, 2.05) is 0 Å². The highest BCUT2D eigenvalue weighted by atomic mass is 79.9. The maximum atomic E-state index is 12.4. The van der Waals surface area contributed by atoms with Crippen LogP contribution in [0.25, 0.3) is 0 Å². The predicted molar refractivity (Wildman–Crippen MR) is 90.1 cm³/mol. The Bertz CT molecular complexity index is 837. The van der Waals surface area contributed by atoms with Crippen molar-refractivity contribution < 1.29 is 17.9 Å². The Labute approximate surface area is 142 Å². The van der Waals surface area contributed by atoms with Crippen LogP contribution in [-0.4, -0.2) is 27.7 Å². The number of rotatable bonds is 4. The SMILES string of the molecule is O=C1OCCN1c1cccc(NS(=O)(=O)c2ccc(Br)cc2)c1. The van der Waals surface area contributed by atoms with Gasteiger partial charge in [-0.2, -0.15) is 0 Å². The second-order valence-corrected chi connectivity index (χ2v) is 7.47. The van der Waals surface area contributed by atoms with E-state index in [-0.39, 0.29) is 4.90 Å². The number of hydrogen-bond donors (Lipinski definition) is 1. The molecule has 1 heterocycles. The second kappa shape index (κ2) is 6.21. The van der Waals surface area contributed by atoms with Crippen LogP contribution >= 0.6 is 15.9 Å². The van der Waals surface area contributed by atoms with Gasteiger partial charge < -0.3 is 4.74 Å². The molecule has 0 atom stereocenters. The summed E-state index contributed by atoms with van der Waals surface area (Å²) in [5.74, 6) is 0. The van der Waals surface area contributed by atoms with E-state index in [0.717, 1.165) is 4.47 Å². The number of nitrogens with one attached hydrogen (secondary N) is 1. The van der Waals surface area contributed by atoms with Crippen LogP contribution in [0.3, 0.4) is 0 Å². The Balaban J connectivity index is 1.85. The third kappa shape index (κ3) is 3.48. The molecule has 120 valence electrons. The average Bonchev–Trinajstić information content (AvgIpc) is 2.94. The molecule has 0 saturated carbocycles. The number of cyclic esters (lactones) is 1. The fourth-order valence-corrected chi connectivity index (χ4v) is 3.51. The van der Waals surface area contributed by atoms with Crippen molar-refractivity contribution in [2.45, 2.75) is 4.90 Å². The molecule has 0 bridgehead atoms. The van der Waals surface area contributed by atoms with E-state index < -0.39 is 16.1 Å². The third-order valence-corrected chi connectivity index (χ3v) is 5.22. The van der Waals surface area contributed by atoms with Gasteiger partial charge in [0.1, 0.15) is 6.61 Å². The number of benzene rings is 2. The Morgan fingerprint density at radius 2 is 1.87 bits per heavy atom. The van der Waals surface area contributed by atoms with E-state index in [1.165, 1.54) is 17.0 Å². The van der Waals surface area contributed by atoms with Crippen molar-refractivity contribution in [3.8, 4) is 0 Å². The standard InChI is InChI=1S/C15H13BrN2O4S/c16-11-4-6-14(7-5-11)23(20,21)17-12-2-1-3-13(10-12)18-8-9-22-15(18)19/h1-7,10,17H,8-9H2. The summed E-state index contributed by atoms with van der Waals surface area (Å²) in [5.41, 5.74) is 0.966. The van der Waals surface area contributed by atoms with Crippen LogP contribution in [-0.2, 0) is 14.8 Å². The molecule has 1 aliphatic rings. The molecule has 0 spiro atoms. The quantitative estimate of drug-likeness (QED) is 0.860. The van der Waals surface area contributed by atoms with Gasteiger partial charge in [0.25, 0.3) is 10.0 Å². The first kappa shape index (κ1) is 15.8. The Morgan fingerprint density at radius 1 is 1.13 bits per heavy atom. The smallest absolute Gasteiger partial charge is 0.414 e. The van der Waals surface area contributed by atoms with Crippen LogP contribution in [0.15, 0.2) is 57.9 Å². The summed E-state index contributed by atoms with van der Waals surface area (Å²) in [5, 5.41) is 0. The first-order valence-electron chi connectivity index (χ1n) is 6.78. The number of anilines is 2. The van der Waals surface area contributed by atoms with E-state index >= 15 is 0 Å². The second-order valence-electron chi connectivity index (χ2n) is 4.88. The molecule has 0 unspecified atom stereocenters. The van der Waals surface area contributed by atoms with Gasteiger partial charge in [-0.3, -0.25) is 9.62 Å². The maximum Gasteiger partial charge on any atom is 0.414 e. The van der Waals surface area contributed by atoms with E-state index in [2.05, 4.69) is 20.7 Å². The normalized spacial score (nSPS) is 14.7. The molecular weight excluding hydrogens is 384 g/mol. The van der Waals surface area contributed by atoms with Crippen molar-refractivity contribution >= 4 is 43.4 Å². The Hall–Kier alpha value is -2.06. The maximum absolute atomic E-state index is 12.4. The first-order valence-corrected chi connectivity index (χ1v) is 9.06. The van der Waals surface area contributed by atoms with Crippen LogP contribution in [0, 0.1) is 0 Å². The number of halogens is 1. The lowest BCUT2D eigenvalue weighted by Crippen LogP contribution is -2.23. The topological polar surface area (TPSA) is 75.7 Å². The summed E-state index contributed by atoms with van der Waals surface area (Å²) >= 11 is 3.27. The van der Waals surface area contributed by atoms with Gasteiger partial charge in [-0.25, -0.2) is 13.2 Å². The number of carbonyl (C=O) groups is 1. The van der Waals surface area contributed by atoms with Crippen molar-refractivity contribution in [2.24, 2.45) is 0 Å². The molecule has 1 fully saturated rings. The van der Waals surface area contributed by atoms with E-state index in [4.69, 9.17) is 4.74 Å². The predicted octanol–water partition coefficient (Wildman–Crippen LogP) is 3.21. The lowest BCUT2D eigenvalue weighted by atomic mass is 10.2. The summed E-state index contributed by atoms with van der Waals surface area (Å²) < 4.78 is 32.9. The zero-order chi connectivity index (χ0) is 16.4. The van der Waals surface area contributed by atoms with Crippen molar-refractivity contribution in [1.82, 2.24) is 0 Å². The molecule has 1 amide bonds. The van der Waals surface area contributed by atoms with Crippen molar-refractivity contribution in [3.63, 3.8) is 0 Å². The largest absolute Gasteiger partial charge is 0.447 e. The van der Waals surface area contributed by atoms with Gasteiger partial charge in [0, 0.05) is 10.2 Å².